The molecule has 0 saturated heterocycles. The van der Waals surface area contributed by atoms with Gasteiger partial charge in [-0.25, -0.2) is 4.68 Å². The number of nitrogens with zero attached hydrogens (tertiary/aromatic N) is 2. The van der Waals surface area contributed by atoms with Gasteiger partial charge in [0.15, 0.2) is 0 Å². The van der Waals surface area contributed by atoms with Gasteiger partial charge in [-0.05, 0) is 53.9 Å². The van der Waals surface area contributed by atoms with Crippen molar-refractivity contribution in [2.45, 2.75) is 27.2 Å². The summed E-state index contributed by atoms with van der Waals surface area (Å²) in [5.41, 5.74) is 4.79. The fourth-order valence-corrected chi connectivity index (χ4v) is 2.50. The van der Waals surface area contributed by atoms with E-state index in [1.807, 2.05) is 22.9 Å². The molecule has 1 aromatic carbocycles. The summed E-state index contributed by atoms with van der Waals surface area (Å²) in [6.45, 7) is 6.36. The summed E-state index contributed by atoms with van der Waals surface area (Å²) in [4.78, 5) is 0. The van der Waals surface area contributed by atoms with Crippen LogP contribution in [0.25, 0.3) is 5.69 Å². The monoisotopic (exact) mass is 278 g/mol. The van der Waals surface area contributed by atoms with Crippen molar-refractivity contribution in [1.29, 1.82) is 0 Å². The van der Waals surface area contributed by atoms with E-state index in [1.54, 1.807) is 0 Å². The predicted octanol–water partition coefficient (Wildman–Crippen LogP) is 3.81. The van der Waals surface area contributed by atoms with Gasteiger partial charge in [-0.2, -0.15) is 5.10 Å². The first kappa shape index (κ1) is 11.4. The van der Waals surface area contributed by atoms with Crippen molar-refractivity contribution in [2.24, 2.45) is 0 Å². The van der Waals surface area contributed by atoms with Gasteiger partial charge in [-0.1, -0.05) is 19.1 Å². The van der Waals surface area contributed by atoms with Crippen molar-refractivity contribution >= 4 is 15.9 Å². The topological polar surface area (TPSA) is 17.8 Å². The highest BCUT2D eigenvalue weighted by molar-refractivity contribution is 9.10. The Hall–Kier alpha value is -1.09. The highest BCUT2D eigenvalue weighted by Crippen LogP contribution is 2.24. The summed E-state index contributed by atoms with van der Waals surface area (Å²) < 4.78 is 3.08. The number of para-hydroxylation sites is 1. The molecule has 0 bridgehead atoms. The van der Waals surface area contributed by atoms with E-state index in [1.165, 1.54) is 11.3 Å². The standard InChI is InChI=1S/C13H15BrN2/c1-4-11-9(2)15-16(10(11)3)13-8-6-5-7-12(13)14/h5-8H,4H2,1-3H3. The van der Waals surface area contributed by atoms with Crippen LogP contribution in [0.5, 0.6) is 0 Å². The van der Waals surface area contributed by atoms with Crippen molar-refractivity contribution in [1.82, 2.24) is 9.78 Å². The lowest BCUT2D eigenvalue weighted by molar-refractivity contribution is 0.829. The maximum Gasteiger partial charge on any atom is 0.0790 e. The maximum atomic E-state index is 4.60. The molecule has 2 rings (SSSR count). The molecule has 0 aliphatic rings. The molecule has 0 radical (unpaired) electrons. The van der Waals surface area contributed by atoms with Gasteiger partial charge in [-0.3, -0.25) is 0 Å². The first-order valence-electron chi connectivity index (χ1n) is 5.45. The Morgan fingerprint density at radius 2 is 1.94 bits per heavy atom. The van der Waals surface area contributed by atoms with Gasteiger partial charge < -0.3 is 0 Å². The van der Waals surface area contributed by atoms with E-state index in [4.69, 9.17) is 0 Å². The van der Waals surface area contributed by atoms with Crippen LogP contribution in [0.2, 0.25) is 0 Å². The smallest absolute Gasteiger partial charge is 0.0790 e. The van der Waals surface area contributed by atoms with Crippen LogP contribution in [0, 0.1) is 13.8 Å². The molecule has 2 nitrogen and oxygen atoms in total. The lowest BCUT2D eigenvalue weighted by Crippen LogP contribution is -2.00. The number of hydrogen-bond acceptors (Lipinski definition) is 1. The second-order valence-corrected chi connectivity index (χ2v) is 4.72. The quantitative estimate of drug-likeness (QED) is 0.817. The third kappa shape index (κ3) is 1.80. The van der Waals surface area contributed by atoms with Gasteiger partial charge in [-0.15, -0.1) is 0 Å². The number of aromatic nitrogens is 2. The molecule has 0 aliphatic heterocycles. The molecule has 84 valence electrons. The number of benzene rings is 1. The lowest BCUT2D eigenvalue weighted by Gasteiger charge is -2.06. The highest BCUT2D eigenvalue weighted by Gasteiger charge is 2.12. The zero-order valence-corrected chi connectivity index (χ0v) is 11.4. The molecule has 16 heavy (non-hydrogen) atoms. The molecule has 0 unspecified atom stereocenters. The van der Waals surface area contributed by atoms with Crippen LogP contribution in [-0.4, -0.2) is 9.78 Å². The number of rotatable bonds is 2. The van der Waals surface area contributed by atoms with Crippen LogP contribution in [0.4, 0.5) is 0 Å². The minimum absolute atomic E-state index is 1.03. The van der Waals surface area contributed by atoms with Gasteiger partial charge in [0, 0.05) is 10.2 Å². The van der Waals surface area contributed by atoms with Gasteiger partial charge in [0.05, 0.1) is 11.4 Å². The Morgan fingerprint density at radius 1 is 1.25 bits per heavy atom. The SMILES string of the molecule is CCc1c(C)nn(-c2ccccc2Br)c1C. The first-order valence-corrected chi connectivity index (χ1v) is 6.24. The summed E-state index contributed by atoms with van der Waals surface area (Å²) in [5, 5.41) is 4.60. The Labute approximate surface area is 104 Å². The summed E-state index contributed by atoms with van der Waals surface area (Å²) >= 11 is 3.56. The van der Waals surface area contributed by atoms with Crippen molar-refractivity contribution in [2.75, 3.05) is 0 Å². The van der Waals surface area contributed by atoms with Crippen LogP contribution >= 0.6 is 15.9 Å². The van der Waals surface area contributed by atoms with Crippen LogP contribution in [0.3, 0.4) is 0 Å². The average molecular weight is 279 g/mol. The largest absolute Gasteiger partial charge is 0.236 e. The molecule has 3 heteroatoms. The summed E-state index contributed by atoms with van der Waals surface area (Å²) in [7, 11) is 0. The van der Waals surface area contributed by atoms with E-state index < -0.39 is 0 Å². The molecule has 1 heterocycles. The van der Waals surface area contributed by atoms with Crippen molar-refractivity contribution in [3.05, 3.63) is 45.7 Å². The number of halogens is 1. The van der Waals surface area contributed by atoms with Gasteiger partial charge in [0.25, 0.3) is 0 Å². The fourth-order valence-electron chi connectivity index (χ4n) is 2.04. The first-order chi connectivity index (χ1) is 7.65. The lowest BCUT2D eigenvalue weighted by atomic mass is 10.1. The molecule has 0 fully saturated rings. The summed E-state index contributed by atoms with van der Waals surface area (Å²) in [5.74, 6) is 0. The molecule has 1 aromatic heterocycles. The third-order valence-corrected chi connectivity index (χ3v) is 3.55. The maximum absolute atomic E-state index is 4.60. The molecular formula is C13H15BrN2. The van der Waals surface area contributed by atoms with Gasteiger partial charge >= 0.3 is 0 Å². The normalized spacial score (nSPS) is 10.8. The Balaban J connectivity index is 2.62. The summed E-state index contributed by atoms with van der Waals surface area (Å²) in [6.07, 6.45) is 1.03. The molecule has 0 spiro atoms. The van der Waals surface area contributed by atoms with E-state index in [0.29, 0.717) is 0 Å². The van der Waals surface area contributed by atoms with E-state index >= 15 is 0 Å². The second kappa shape index (κ2) is 4.42. The molecule has 0 amide bonds. The predicted molar refractivity (Wildman–Crippen MR) is 70.1 cm³/mol. The minimum Gasteiger partial charge on any atom is -0.236 e. The fraction of sp³-hybridized carbons (Fsp3) is 0.308. The van der Waals surface area contributed by atoms with Crippen LogP contribution in [0.1, 0.15) is 23.9 Å². The zero-order chi connectivity index (χ0) is 11.7. The minimum atomic E-state index is 1.03. The zero-order valence-electron chi connectivity index (χ0n) is 9.79. The van der Waals surface area contributed by atoms with Gasteiger partial charge in [0.2, 0.25) is 0 Å². The Bertz CT molecular complexity index is 515. The van der Waals surface area contributed by atoms with E-state index in [0.717, 1.165) is 22.3 Å². The van der Waals surface area contributed by atoms with Crippen molar-refractivity contribution in [3.63, 3.8) is 0 Å². The van der Waals surface area contributed by atoms with Crippen LogP contribution in [0.15, 0.2) is 28.7 Å². The second-order valence-electron chi connectivity index (χ2n) is 3.87. The molecule has 0 saturated carbocycles. The van der Waals surface area contributed by atoms with Gasteiger partial charge in [0.1, 0.15) is 0 Å². The molecule has 2 aromatic rings. The Morgan fingerprint density at radius 3 is 2.50 bits per heavy atom. The van der Waals surface area contributed by atoms with Crippen LogP contribution in [-0.2, 0) is 6.42 Å². The van der Waals surface area contributed by atoms with E-state index in [2.05, 4.69) is 47.9 Å². The van der Waals surface area contributed by atoms with Crippen molar-refractivity contribution < 1.29 is 0 Å². The number of aryl methyl sites for hydroxylation is 1. The van der Waals surface area contributed by atoms with Crippen LogP contribution < -0.4 is 0 Å². The third-order valence-electron chi connectivity index (χ3n) is 2.88. The van der Waals surface area contributed by atoms with E-state index in [-0.39, 0.29) is 0 Å². The van der Waals surface area contributed by atoms with Crippen molar-refractivity contribution in [3.8, 4) is 5.69 Å². The molecular weight excluding hydrogens is 264 g/mol. The molecule has 0 aliphatic carbocycles. The average Bonchev–Trinajstić information content (AvgIpc) is 2.55. The number of hydrogen-bond donors (Lipinski definition) is 0. The molecule has 0 atom stereocenters. The molecule has 0 N–H and O–H groups in total. The Kier molecular flexibility index (Phi) is 3.15. The summed E-state index contributed by atoms with van der Waals surface area (Å²) in [6, 6.07) is 8.16. The highest BCUT2D eigenvalue weighted by atomic mass is 79.9. The van der Waals surface area contributed by atoms with E-state index in [9.17, 15) is 0 Å².